The zero-order chi connectivity index (χ0) is 16.1. The normalized spacial score (nSPS) is 11.9. The molecule has 2 N–H and O–H groups in total. The largest absolute Gasteiger partial charge is 0.479 e. The maximum atomic E-state index is 12.0. The third-order valence-electron chi connectivity index (χ3n) is 3.60. The molecule has 22 heavy (non-hydrogen) atoms. The number of aryl methyl sites for hydroxylation is 2. The van der Waals surface area contributed by atoms with Crippen LogP contribution in [0.15, 0.2) is 29.1 Å². The monoisotopic (exact) mass is 318 g/mol. The van der Waals surface area contributed by atoms with E-state index >= 15 is 0 Å². The van der Waals surface area contributed by atoms with Crippen molar-refractivity contribution in [3.05, 3.63) is 51.5 Å². The van der Waals surface area contributed by atoms with Crippen molar-refractivity contribution in [3.63, 3.8) is 0 Å². The summed E-state index contributed by atoms with van der Waals surface area (Å²) in [5, 5.41) is 13.9. The number of amides is 1. The lowest BCUT2D eigenvalue weighted by atomic mass is 9.97. The molecule has 1 unspecified atom stereocenters. The van der Waals surface area contributed by atoms with Crippen molar-refractivity contribution in [1.82, 2.24) is 10.3 Å². The maximum absolute atomic E-state index is 12.0. The van der Waals surface area contributed by atoms with E-state index in [9.17, 15) is 14.7 Å². The summed E-state index contributed by atoms with van der Waals surface area (Å²) in [6.45, 7) is 3.78. The molecule has 0 aliphatic carbocycles. The van der Waals surface area contributed by atoms with Crippen LogP contribution >= 0.6 is 11.3 Å². The molecule has 1 atom stereocenters. The van der Waals surface area contributed by atoms with Gasteiger partial charge in [0, 0.05) is 11.8 Å². The fourth-order valence-electron chi connectivity index (χ4n) is 2.19. The van der Waals surface area contributed by atoms with E-state index in [4.69, 9.17) is 0 Å². The number of aliphatic carboxylic acids is 1. The average Bonchev–Trinajstić information content (AvgIpc) is 2.99. The van der Waals surface area contributed by atoms with Crippen molar-refractivity contribution in [2.24, 2.45) is 0 Å². The van der Waals surface area contributed by atoms with Gasteiger partial charge >= 0.3 is 5.97 Å². The summed E-state index contributed by atoms with van der Waals surface area (Å²) >= 11 is 1.47. The number of rotatable bonds is 6. The van der Waals surface area contributed by atoms with Gasteiger partial charge in [-0.15, -0.1) is 11.3 Å². The molecule has 0 saturated carbocycles. The van der Waals surface area contributed by atoms with Crippen LogP contribution in [0.5, 0.6) is 0 Å². The van der Waals surface area contributed by atoms with Gasteiger partial charge in [-0.3, -0.25) is 4.79 Å². The minimum atomic E-state index is -1.06. The molecular weight excluding hydrogens is 300 g/mol. The number of aromatic nitrogens is 1. The van der Waals surface area contributed by atoms with Gasteiger partial charge in [-0.1, -0.05) is 18.2 Å². The molecule has 1 amide bonds. The molecule has 0 bridgehead atoms. The van der Waals surface area contributed by atoms with Gasteiger partial charge in [-0.25, -0.2) is 9.78 Å². The molecule has 1 aromatic carbocycles. The number of benzene rings is 1. The van der Waals surface area contributed by atoms with E-state index in [1.54, 1.807) is 17.6 Å². The Hall–Kier alpha value is -2.21. The second kappa shape index (κ2) is 7.17. The first-order chi connectivity index (χ1) is 10.5. The standard InChI is InChI=1S/C16H18N2O3S/c1-10-4-3-5-13(11(10)2)15(16(20)21)18-14(19)7-6-12-8-22-9-17-12/h3-5,8-9,15H,6-7H2,1-2H3,(H,18,19)(H,20,21). The van der Waals surface area contributed by atoms with Crippen LogP contribution < -0.4 is 5.32 Å². The second-order valence-electron chi connectivity index (χ2n) is 5.11. The van der Waals surface area contributed by atoms with Crippen molar-refractivity contribution in [2.45, 2.75) is 32.7 Å². The number of carbonyl (C=O) groups excluding carboxylic acids is 1. The summed E-state index contributed by atoms with van der Waals surface area (Å²) in [7, 11) is 0. The van der Waals surface area contributed by atoms with Crippen LogP contribution in [0.4, 0.5) is 0 Å². The van der Waals surface area contributed by atoms with E-state index in [0.717, 1.165) is 16.8 Å². The predicted octanol–water partition coefficient (Wildman–Crippen LogP) is 2.63. The van der Waals surface area contributed by atoms with Crippen molar-refractivity contribution >= 4 is 23.2 Å². The molecule has 1 heterocycles. The van der Waals surface area contributed by atoms with Crippen molar-refractivity contribution in [3.8, 4) is 0 Å². The minimum Gasteiger partial charge on any atom is -0.479 e. The van der Waals surface area contributed by atoms with Crippen LogP contribution in [0.3, 0.4) is 0 Å². The molecule has 0 fully saturated rings. The Morgan fingerprint density at radius 1 is 1.36 bits per heavy atom. The molecule has 5 nitrogen and oxygen atoms in total. The number of carboxylic acid groups (broad SMARTS) is 1. The molecule has 2 aromatic rings. The number of carboxylic acids is 1. The van der Waals surface area contributed by atoms with Gasteiger partial charge in [0.2, 0.25) is 5.91 Å². The van der Waals surface area contributed by atoms with Gasteiger partial charge in [0.15, 0.2) is 6.04 Å². The van der Waals surface area contributed by atoms with Crippen molar-refractivity contribution < 1.29 is 14.7 Å². The lowest BCUT2D eigenvalue weighted by Crippen LogP contribution is -2.34. The zero-order valence-corrected chi connectivity index (χ0v) is 13.3. The fourth-order valence-corrected chi connectivity index (χ4v) is 2.79. The van der Waals surface area contributed by atoms with Gasteiger partial charge in [0.25, 0.3) is 0 Å². The lowest BCUT2D eigenvalue weighted by Gasteiger charge is -2.18. The van der Waals surface area contributed by atoms with Crippen LogP contribution in [0, 0.1) is 13.8 Å². The molecule has 6 heteroatoms. The fraction of sp³-hybridized carbons (Fsp3) is 0.312. The van der Waals surface area contributed by atoms with Gasteiger partial charge in [0.1, 0.15) is 0 Å². The topological polar surface area (TPSA) is 79.3 Å². The van der Waals surface area contributed by atoms with E-state index < -0.39 is 12.0 Å². The van der Waals surface area contributed by atoms with Crippen molar-refractivity contribution in [2.75, 3.05) is 0 Å². The first-order valence-corrected chi connectivity index (χ1v) is 7.88. The summed E-state index contributed by atoms with van der Waals surface area (Å²) in [4.78, 5) is 27.6. The second-order valence-corrected chi connectivity index (χ2v) is 5.83. The van der Waals surface area contributed by atoms with E-state index in [-0.39, 0.29) is 12.3 Å². The molecule has 0 saturated heterocycles. The molecule has 116 valence electrons. The number of hydrogen-bond acceptors (Lipinski definition) is 4. The van der Waals surface area contributed by atoms with Gasteiger partial charge in [-0.2, -0.15) is 0 Å². The van der Waals surface area contributed by atoms with Crippen LogP contribution in [0.1, 0.15) is 34.8 Å². The van der Waals surface area contributed by atoms with Gasteiger partial charge in [-0.05, 0) is 37.0 Å². The Balaban J connectivity index is 2.07. The Kier molecular flexibility index (Phi) is 5.27. The highest BCUT2D eigenvalue weighted by molar-refractivity contribution is 7.07. The Labute approximate surface area is 133 Å². The quantitative estimate of drug-likeness (QED) is 0.858. The molecule has 0 spiro atoms. The number of nitrogens with zero attached hydrogens (tertiary/aromatic N) is 1. The third-order valence-corrected chi connectivity index (χ3v) is 4.24. The highest BCUT2D eigenvalue weighted by Crippen LogP contribution is 2.21. The van der Waals surface area contributed by atoms with E-state index in [1.807, 2.05) is 25.3 Å². The van der Waals surface area contributed by atoms with Crippen LogP contribution in [0.2, 0.25) is 0 Å². The predicted molar refractivity (Wildman–Crippen MR) is 84.9 cm³/mol. The molecule has 2 rings (SSSR count). The zero-order valence-electron chi connectivity index (χ0n) is 12.5. The number of thiazole rings is 1. The van der Waals surface area contributed by atoms with E-state index in [2.05, 4.69) is 10.3 Å². The Morgan fingerprint density at radius 2 is 2.14 bits per heavy atom. The Bertz CT molecular complexity index is 668. The highest BCUT2D eigenvalue weighted by Gasteiger charge is 2.23. The SMILES string of the molecule is Cc1cccc(C(NC(=O)CCc2cscn2)C(=O)O)c1C. The van der Waals surface area contributed by atoms with E-state index in [0.29, 0.717) is 12.0 Å². The molecule has 0 radical (unpaired) electrons. The highest BCUT2D eigenvalue weighted by atomic mass is 32.1. The van der Waals surface area contributed by atoms with Crippen LogP contribution in [-0.4, -0.2) is 22.0 Å². The molecule has 0 aliphatic heterocycles. The van der Waals surface area contributed by atoms with Crippen LogP contribution in [0.25, 0.3) is 0 Å². The molecule has 0 aliphatic rings. The van der Waals surface area contributed by atoms with Crippen molar-refractivity contribution in [1.29, 1.82) is 0 Å². The first-order valence-electron chi connectivity index (χ1n) is 6.94. The van der Waals surface area contributed by atoms with Gasteiger partial charge < -0.3 is 10.4 Å². The maximum Gasteiger partial charge on any atom is 0.330 e. The molecular formula is C16H18N2O3S. The minimum absolute atomic E-state index is 0.221. The number of carbonyl (C=O) groups is 2. The lowest BCUT2D eigenvalue weighted by molar-refractivity contribution is -0.142. The summed E-state index contributed by atoms with van der Waals surface area (Å²) in [5.74, 6) is -1.35. The summed E-state index contributed by atoms with van der Waals surface area (Å²) in [6.07, 6.45) is 0.729. The number of hydrogen-bond donors (Lipinski definition) is 2. The van der Waals surface area contributed by atoms with Crippen LogP contribution in [-0.2, 0) is 16.0 Å². The third kappa shape index (κ3) is 3.92. The average molecular weight is 318 g/mol. The summed E-state index contributed by atoms with van der Waals surface area (Å²) < 4.78 is 0. The first kappa shape index (κ1) is 16.2. The number of nitrogens with one attached hydrogen (secondary N) is 1. The molecule has 1 aromatic heterocycles. The van der Waals surface area contributed by atoms with Gasteiger partial charge in [0.05, 0.1) is 11.2 Å². The van der Waals surface area contributed by atoms with E-state index in [1.165, 1.54) is 11.3 Å². The summed E-state index contributed by atoms with van der Waals surface area (Å²) in [5.41, 5.74) is 5.06. The smallest absolute Gasteiger partial charge is 0.330 e. The summed E-state index contributed by atoms with van der Waals surface area (Å²) in [6, 6.07) is 4.43. The Morgan fingerprint density at radius 3 is 2.77 bits per heavy atom.